The monoisotopic (exact) mass is 295 g/mol. The fraction of sp³-hybridized carbons (Fsp3) is 0.429. The Morgan fingerprint density at radius 2 is 2.35 bits per heavy atom. The van der Waals surface area contributed by atoms with Crippen molar-refractivity contribution in [2.45, 2.75) is 25.4 Å². The maximum atomic E-state index is 14.3. The minimum absolute atomic E-state index is 0.0200. The molecule has 1 aromatic rings. The average molecular weight is 295 g/mol. The van der Waals surface area contributed by atoms with Gasteiger partial charge in [-0.15, -0.1) is 0 Å². The third kappa shape index (κ3) is 2.96. The first-order chi connectivity index (χ1) is 9.54. The summed E-state index contributed by atoms with van der Waals surface area (Å²) in [6, 6.07) is 4.82. The van der Waals surface area contributed by atoms with Gasteiger partial charge in [-0.1, -0.05) is 24.4 Å². The third-order valence-corrected chi connectivity index (χ3v) is 3.85. The van der Waals surface area contributed by atoms with E-state index >= 15 is 0 Å². The van der Waals surface area contributed by atoms with Gasteiger partial charge in [0, 0.05) is 24.7 Å². The summed E-state index contributed by atoms with van der Waals surface area (Å²) in [4.78, 5) is 13.8. The fourth-order valence-electron chi connectivity index (χ4n) is 2.59. The van der Waals surface area contributed by atoms with Crippen LogP contribution in [0.25, 0.3) is 0 Å². The average Bonchev–Trinajstić information content (AvgIpc) is 2.88. The Morgan fingerprint density at radius 1 is 1.60 bits per heavy atom. The summed E-state index contributed by atoms with van der Waals surface area (Å²) in [7, 11) is 1.62. The third-order valence-electron chi connectivity index (χ3n) is 3.63. The number of nitrogens with one attached hydrogen (secondary N) is 1. The molecular formula is C14H18FN3OS. The summed E-state index contributed by atoms with van der Waals surface area (Å²) < 4.78 is 14.3. The van der Waals surface area contributed by atoms with Crippen molar-refractivity contribution in [1.82, 2.24) is 10.2 Å². The molecule has 1 fully saturated rings. The first-order valence-corrected chi connectivity index (χ1v) is 6.98. The van der Waals surface area contributed by atoms with E-state index in [4.69, 9.17) is 18.0 Å². The molecule has 6 heteroatoms. The normalized spacial score (nSPS) is 19.0. The largest absolute Gasteiger partial charge is 0.389 e. The predicted molar refractivity (Wildman–Crippen MR) is 79.8 cm³/mol. The Bertz CT molecular complexity index is 535. The Labute approximate surface area is 123 Å². The molecular weight excluding hydrogens is 277 g/mol. The van der Waals surface area contributed by atoms with Crippen LogP contribution in [0.4, 0.5) is 4.39 Å². The van der Waals surface area contributed by atoms with Crippen molar-refractivity contribution in [2.75, 3.05) is 13.6 Å². The minimum atomic E-state index is -0.387. The number of carbonyl (C=O) groups excluding carboxylic acids is 1. The van der Waals surface area contributed by atoms with E-state index in [1.165, 1.54) is 0 Å². The van der Waals surface area contributed by atoms with Gasteiger partial charge in [0.05, 0.1) is 6.04 Å². The van der Waals surface area contributed by atoms with Gasteiger partial charge in [0.2, 0.25) is 5.91 Å². The Kier molecular flexibility index (Phi) is 4.67. The van der Waals surface area contributed by atoms with Crippen molar-refractivity contribution in [3.05, 3.63) is 35.1 Å². The van der Waals surface area contributed by atoms with Gasteiger partial charge in [-0.25, -0.2) is 4.39 Å². The molecule has 1 aromatic carbocycles. The number of likely N-dealkylation sites (N-methyl/N-ethyl adjacent to an activating group) is 1. The van der Waals surface area contributed by atoms with Crippen LogP contribution in [0.5, 0.6) is 0 Å². The molecule has 0 aliphatic carbocycles. The number of halogens is 1. The standard InChI is InChI=1S/C14H18FN3OS/c1-17-14(19)11-6-3-7-18(11)8-9-4-2-5-10(12(9)15)13(16)20/h2,4-5,11H,3,6-8H2,1H3,(H2,16,20)(H,17,19). The zero-order valence-corrected chi connectivity index (χ0v) is 12.2. The van der Waals surface area contributed by atoms with Crippen molar-refractivity contribution >= 4 is 23.1 Å². The van der Waals surface area contributed by atoms with Crippen molar-refractivity contribution < 1.29 is 9.18 Å². The number of hydrogen-bond donors (Lipinski definition) is 2. The van der Waals surface area contributed by atoms with Crippen LogP contribution in [0.15, 0.2) is 18.2 Å². The summed E-state index contributed by atoms with van der Waals surface area (Å²) >= 11 is 4.84. The molecule has 2 rings (SSSR count). The van der Waals surface area contributed by atoms with Gasteiger partial charge < -0.3 is 11.1 Å². The molecule has 0 radical (unpaired) electrons. The van der Waals surface area contributed by atoms with E-state index in [0.717, 1.165) is 19.4 Å². The van der Waals surface area contributed by atoms with Crippen molar-refractivity contribution in [3.8, 4) is 0 Å². The molecule has 1 unspecified atom stereocenters. The predicted octanol–water partition coefficient (Wildman–Crippen LogP) is 1.17. The highest BCUT2D eigenvalue weighted by Crippen LogP contribution is 2.22. The highest BCUT2D eigenvalue weighted by molar-refractivity contribution is 7.80. The lowest BCUT2D eigenvalue weighted by atomic mass is 10.1. The number of likely N-dealkylation sites (tertiary alicyclic amines) is 1. The second kappa shape index (κ2) is 6.28. The van der Waals surface area contributed by atoms with Gasteiger partial charge in [0.25, 0.3) is 0 Å². The molecule has 20 heavy (non-hydrogen) atoms. The highest BCUT2D eigenvalue weighted by atomic mass is 32.1. The highest BCUT2D eigenvalue weighted by Gasteiger charge is 2.30. The van der Waals surface area contributed by atoms with Crippen LogP contribution in [0.2, 0.25) is 0 Å². The second-order valence-corrected chi connectivity index (χ2v) is 5.33. The van der Waals surface area contributed by atoms with E-state index < -0.39 is 0 Å². The van der Waals surface area contributed by atoms with Crippen molar-refractivity contribution in [2.24, 2.45) is 5.73 Å². The SMILES string of the molecule is CNC(=O)C1CCCN1Cc1cccc(C(N)=S)c1F. The molecule has 3 N–H and O–H groups in total. The summed E-state index contributed by atoms with van der Waals surface area (Å²) in [5.41, 5.74) is 6.28. The molecule has 1 atom stereocenters. The number of rotatable bonds is 4. The molecule has 1 amide bonds. The minimum Gasteiger partial charge on any atom is -0.389 e. The molecule has 0 aromatic heterocycles. The molecule has 1 heterocycles. The zero-order chi connectivity index (χ0) is 14.7. The summed E-state index contributed by atoms with van der Waals surface area (Å²) in [5, 5.41) is 2.65. The van der Waals surface area contributed by atoms with Crippen LogP contribution in [0.3, 0.4) is 0 Å². The molecule has 1 aliphatic heterocycles. The van der Waals surface area contributed by atoms with Crippen LogP contribution in [0.1, 0.15) is 24.0 Å². The van der Waals surface area contributed by atoms with Crippen LogP contribution in [-0.2, 0) is 11.3 Å². The van der Waals surface area contributed by atoms with Gasteiger partial charge in [0.1, 0.15) is 10.8 Å². The van der Waals surface area contributed by atoms with E-state index in [1.54, 1.807) is 25.2 Å². The molecule has 0 bridgehead atoms. The van der Waals surface area contributed by atoms with E-state index in [9.17, 15) is 9.18 Å². The molecule has 108 valence electrons. The van der Waals surface area contributed by atoms with Crippen LogP contribution >= 0.6 is 12.2 Å². The quantitative estimate of drug-likeness (QED) is 0.819. The summed E-state index contributed by atoms with van der Waals surface area (Å²) in [6.07, 6.45) is 1.74. The van der Waals surface area contributed by atoms with Gasteiger partial charge in [-0.3, -0.25) is 9.69 Å². The van der Waals surface area contributed by atoms with E-state index in [1.807, 2.05) is 4.90 Å². The van der Waals surface area contributed by atoms with Gasteiger partial charge in [-0.05, 0) is 25.5 Å². The Balaban J connectivity index is 2.20. The smallest absolute Gasteiger partial charge is 0.237 e. The number of benzene rings is 1. The first-order valence-electron chi connectivity index (χ1n) is 6.57. The Hall–Kier alpha value is -1.53. The Morgan fingerprint density at radius 3 is 3.00 bits per heavy atom. The van der Waals surface area contributed by atoms with Gasteiger partial charge in [0.15, 0.2) is 0 Å². The van der Waals surface area contributed by atoms with Crippen molar-refractivity contribution in [1.29, 1.82) is 0 Å². The second-order valence-electron chi connectivity index (χ2n) is 4.89. The van der Waals surface area contributed by atoms with Crippen LogP contribution in [-0.4, -0.2) is 35.4 Å². The van der Waals surface area contributed by atoms with Crippen LogP contribution in [0, 0.1) is 5.82 Å². The lowest BCUT2D eigenvalue weighted by Crippen LogP contribution is -2.41. The lowest BCUT2D eigenvalue weighted by molar-refractivity contribution is -0.125. The molecule has 1 aliphatic rings. The zero-order valence-electron chi connectivity index (χ0n) is 11.4. The maximum Gasteiger partial charge on any atom is 0.237 e. The fourth-order valence-corrected chi connectivity index (χ4v) is 2.75. The summed E-state index contributed by atoms with van der Waals surface area (Å²) in [6.45, 7) is 1.18. The maximum absolute atomic E-state index is 14.3. The number of thiocarbonyl (C=S) groups is 1. The number of nitrogens with zero attached hydrogens (tertiary/aromatic N) is 1. The number of nitrogens with two attached hydrogens (primary N) is 1. The van der Waals surface area contributed by atoms with Crippen LogP contribution < -0.4 is 11.1 Å². The van der Waals surface area contributed by atoms with Gasteiger partial charge in [-0.2, -0.15) is 0 Å². The lowest BCUT2D eigenvalue weighted by Gasteiger charge is -2.23. The van der Waals surface area contributed by atoms with E-state index in [-0.39, 0.29) is 28.3 Å². The number of hydrogen-bond acceptors (Lipinski definition) is 3. The molecule has 1 saturated heterocycles. The molecule has 0 saturated carbocycles. The summed E-state index contributed by atoms with van der Waals surface area (Å²) in [5.74, 6) is -0.407. The number of carbonyl (C=O) groups is 1. The number of amides is 1. The van der Waals surface area contributed by atoms with E-state index in [0.29, 0.717) is 12.1 Å². The first kappa shape index (κ1) is 14.9. The molecule has 4 nitrogen and oxygen atoms in total. The van der Waals surface area contributed by atoms with Crippen molar-refractivity contribution in [3.63, 3.8) is 0 Å². The van der Waals surface area contributed by atoms with E-state index in [2.05, 4.69) is 5.32 Å². The molecule has 0 spiro atoms. The van der Waals surface area contributed by atoms with Gasteiger partial charge >= 0.3 is 0 Å². The topological polar surface area (TPSA) is 58.4 Å².